The average molecular weight is 415 g/mol. The van der Waals surface area contributed by atoms with Crippen LogP contribution in [0, 0.1) is 24.2 Å². The highest BCUT2D eigenvalue weighted by atomic mass is 35.5. The molecule has 8 heteroatoms. The largest absolute Gasteiger partial charge is 0.350 e. The highest BCUT2D eigenvalue weighted by molar-refractivity contribution is 6.20. The highest BCUT2D eigenvalue weighted by Crippen LogP contribution is 2.24. The molecule has 0 spiro atoms. The molecule has 1 unspecified atom stereocenters. The van der Waals surface area contributed by atoms with Crippen LogP contribution in [0.3, 0.4) is 0 Å². The van der Waals surface area contributed by atoms with Crippen LogP contribution in [0.4, 0.5) is 5.69 Å². The smallest absolute Gasteiger partial charge is 0.270 e. The van der Waals surface area contributed by atoms with Crippen molar-refractivity contribution in [1.29, 1.82) is 5.26 Å². The topological polar surface area (TPSA) is 104 Å². The number of hydrogen-bond donors (Lipinski definition) is 2. The first kappa shape index (κ1) is 22.3. The maximum Gasteiger partial charge on any atom is 0.270 e. The number of aryl methyl sites for hydroxylation is 1. The molecule has 2 amide bonds. The van der Waals surface area contributed by atoms with E-state index >= 15 is 0 Å². The van der Waals surface area contributed by atoms with Gasteiger partial charge in [-0.2, -0.15) is 5.26 Å². The van der Waals surface area contributed by atoms with Crippen molar-refractivity contribution in [3.63, 3.8) is 0 Å². The lowest BCUT2D eigenvalue weighted by atomic mass is 10.1. The number of pyridine rings is 1. The Morgan fingerprint density at radius 3 is 2.69 bits per heavy atom. The van der Waals surface area contributed by atoms with Gasteiger partial charge in [0, 0.05) is 17.9 Å². The third kappa shape index (κ3) is 6.56. The van der Waals surface area contributed by atoms with Crippen molar-refractivity contribution in [2.75, 3.05) is 18.5 Å². The summed E-state index contributed by atoms with van der Waals surface area (Å²) in [6, 6.07) is 11.9. The lowest BCUT2D eigenvalue weighted by Gasteiger charge is -2.13. The molecule has 152 valence electrons. The Hall–Kier alpha value is -2.95. The van der Waals surface area contributed by atoms with Crippen LogP contribution < -0.4 is 10.6 Å². The van der Waals surface area contributed by atoms with Crippen LogP contribution in [0.2, 0.25) is 0 Å². The van der Waals surface area contributed by atoms with Crippen molar-refractivity contribution in [1.82, 2.24) is 10.3 Å². The van der Waals surface area contributed by atoms with Crippen molar-refractivity contribution in [2.45, 2.75) is 26.3 Å². The summed E-state index contributed by atoms with van der Waals surface area (Å²) in [7, 11) is 0. The van der Waals surface area contributed by atoms with E-state index in [-0.39, 0.29) is 23.8 Å². The van der Waals surface area contributed by atoms with Gasteiger partial charge in [0.15, 0.2) is 5.56 Å². The zero-order chi connectivity index (χ0) is 21.4. The fourth-order valence-corrected chi connectivity index (χ4v) is 2.65. The predicted octanol–water partition coefficient (Wildman–Crippen LogP) is 3.81. The van der Waals surface area contributed by atoms with Gasteiger partial charge < -0.3 is 15.4 Å². The van der Waals surface area contributed by atoms with E-state index in [9.17, 15) is 9.59 Å². The number of nitrogens with one attached hydrogen (secondary N) is 2. The minimum Gasteiger partial charge on any atom is -0.350 e. The highest BCUT2D eigenvalue weighted by Gasteiger charge is 2.20. The van der Waals surface area contributed by atoms with Crippen LogP contribution in [0.1, 0.15) is 51.5 Å². The zero-order valence-electron chi connectivity index (χ0n) is 16.5. The van der Waals surface area contributed by atoms with E-state index in [0.29, 0.717) is 23.5 Å². The summed E-state index contributed by atoms with van der Waals surface area (Å²) >= 11 is 6.11. The summed E-state index contributed by atoms with van der Waals surface area (Å²) in [6.45, 7) is 6.06. The predicted molar refractivity (Wildman–Crippen MR) is 111 cm³/mol. The number of nitrogens with zero attached hydrogens (tertiary/aromatic N) is 2. The first-order valence-electron chi connectivity index (χ1n) is 9.11. The number of anilines is 1. The SMILES string of the molecule is Cc1ccc(C(=O)Nc2cccc(C(Cl)OCC#N)c2)c(C(=O)NCC(C)C)n1. The van der Waals surface area contributed by atoms with Gasteiger partial charge in [-0.15, -0.1) is 0 Å². The molecule has 2 rings (SSSR count). The lowest BCUT2D eigenvalue weighted by molar-refractivity contribution is 0.0931. The van der Waals surface area contributed by atoms with Crippen LogP contribution in [0.25, 0.3) is 0 Å². The fourth-order valence-electron chi connectivity index (χ4n) is 2.46. The third-order valence-electron chi connectivity index (χ3n) is 3.87. The summed E-state index contributed by atoms with van der Waals surface area (Å²) in [5.74, 6) is -0.587. The molecule has 2 aromatic rings. The second-order valence-corrected chi connectivity index (χ2v) is 7.21. The number of rotatable bonds is 8. The molecule has 0 aliphatic carbocycles. The summed E-state index contributed by atoms with van der Waals surface area (Å²) < 4.78 is 5.16. The number of ether oxygens (including phenoxy) is 1. The van der Waals surface area contributed by atoms with E-state index < -0.39 is 17.4 Å². The van der Waals surface area contributed by atoms with E-state index in [1.807, 2.05) is 19.9 Å². The van der Waals surface area contributed by atoms with Gasteiger partial charge in [-0.05, 0) is 42.7 Å². The number of alkyl halides is 1. The maximum absolute atomic E-state index is 12.8. The Balaban J connectivity index is 2.21. The molecule has 29 heavy (non-hydrogen) atoms. The second-order valence-electron chi connectivity index (χ2n) is 6.82. The van der Waals surface area contributed by atoms with Gasteiger partial charge in [0.25, 0.3) is 11.8 Å². The van der Waals surface area contributed by atoms with Gasteiger partial charge in [-0.25, -0.2) is 4.98 Å². The summed E-state index contributed by atoms with van der Waals surface area (Å²) in [6.07, 6.45) is 0. The van der Waals surface area contributed by atoms with Gasteiger partial charge in [0.2, 0.25) is 0 Å². The molecule has 0 bridgehead atoms. The molecule has 0 fully saturated rings. The van der Waals surface area contributed by atoms with Gasteiger partial charge >= 0.3 is 0 Å². The van der Waals surface area contributed by atoms with Gasteiger partial charge in [-0.1, -0.05) is 37.6 Å². The molecule has 1 heterocycles. The van der Waals surface area contributed by atoms with Gasteiger partial charge in [0.05, 0.1) is 11.6 Å². The second kappa shape index (κ2) is 10.6. The molecule has 1 atom stereocenters. The normalized spacial score (nSPS) is 11.6. The lowest BCUT2D eigenvalue weighted by Crippen LogP contribution is -2.30. The molecule has 0 radical (unpaired) electrons. The molecule has 1 aromatic heterocycles. The van der Waals surface area contributed by atoms with Crippen LogP contribution in [0.15, 0.2) is 36.4 Å². The fraction of sp³-hybridized carbons (Fsp3) is 0.333. The Morgan fingerprint density at radius 2 is 2.00 bits per heavy atom. The number of aromatic nitrogens is 1. The number of carbonyl (C=O) groups is 2. The molecular formula is C21H23ClN4O3. The van der Waals surface area contributed by atoms with Crippen LogP contribution in [-0.4, -0.2) is 29.9 Å². The van der Waals surface area contributed by atoms with Crippen LogP contribution in [0.5, 0.6) is 0 Å². The first-order valence-corrected chi connectivity index (χ1v) is 9.55. The Kier molecular flexibility index (Phi) is 8.13. The van der Waals surface area contributed by atoms with Gasteiger partial charge in [0.1, 0.15) is 12.3 Å². The number of nitriles is 1. The van der Waals surface area contributed by atoms with Crippen molar-refractivity contribution in [3.8, 4) is 6.07 Å². The van der Waals surface area contributed by atoms with Crippen molar-refractivity contribution in [2.24, 2.45) is 5.92 Å². The summed E-state index contributed by atoms with van der Waals surface area (Å²) in [5, 5.41) is 14.1. The Labute approximate surface area is 175 Å². The number of halogens is 1. The molecule has 0 aliphatic heterocycles. The minimum absolute atomic E-state index is 0.0758. The van der Waals surface area contributed by atoms with E-state index in [1.165, 1.54) is 0 Å². The molecule has 2 N–H and O–H groups in total. The minimum atomic E-state index is -0.815. The molecule has 0 saturated carbocycles. The van der Waals surface area contributed by atoms with E-state index in [1.54, 1.807) is 43.3 Å². The molecule has 1 aromatic carbocycles. The monoisotopic (exact) mass is 414 g/mol. The molecule has 0 aliphatic rings. The van der Waals surface area contributed by atoms with E-state index in [0.717, 1.165) is 0 Å². The third-order valence-corrected chi connectivity index (χ3v) is 4.24. The Morgan fingerprint density at radius 1 is 1.24 bits per heavy atom. The van der Waals surface area contributed by atoms with Crippen molar-refractivity contribution < 1.29 is 14.3 Å². The summed E-state index contributed by atoms with van der Waals surface area (Å²) in [4.78, 5) is 29.6. The van der Waals surface area contributed by atoms with Crippen molar-refractivity contribution in [3.05, 3.63) is 58.9 Å². The van der Waals surface area contributed by atoms with Gasteiger partial charge in [-0.3, -0.25) is 9.59 Å². The Bertz CT molecular complexity index is 924. The summed E-state index contributed by atoms with van der Waals surface area (Å²) in [5.41, 5.74) is 1.14. The maximum atomic E-state index is 12.8. The quantitative estimate of drug-likeness (QED) is 0.639. The molecule has 0 saturated heterocycles. The molecular weight excluding hydrogens is 392 g/mol. The number of benzene rings is 1. The van der Waals surface area contributed by atoms with E-state index in [4.69, 9.17) is 21.6 Å². The van der Waals surface area contributed by atoms with Crippen LogP contribution >= 0.6 is 11.6 Å². The average Bonchev–Trinajstić information content (AvgIpc) is 2.70. The first-order chi connectivity index (χ1) is 13.8. The molecule has 7 nitrogen and oxygen atoms in total. The zero-order valence-corrected chi connectivity index (χ0v) is 17.3. The number of amides is 2. The van der Waals surface area contributed by atoms with Crippen molar-refractivity contribution >= 4 is 29.1 Å². The number of carbonyl (C=O) groups excluding carboxylic acids is 2. The van der Waals surface area contributed by atoms with Crippen LogP contribution in [-0.2, 0) is 4.74 Å². The van der Waals surface area contributed by atoms with E-state index in [2.05, 4.69) is 15.6 Å². The standard InChI is InChI=1S/C21H23ClN4O3/c1-13(2)12-24-21(28)18-17(8-7-14(3)25-18)20(27)26-16-6-4-5-15(11-16)19(22)29-10-9-23/h4-8,11,13,19H,10,12H2,1-3H3,(H,24,28)(H,26,27). The number of hydrogen-bond acceptors (Lipinski definition) is 5.